The van der Waals surface area contributed by atoms with Gasteiger partial charge in [-0.25, -0.2) is 0 Å². The van der Waals surface area contributed by atoms with Crippen LogP contribution in [0.15, 0.2) is 75.1 Å². The minimum atomic E-state index is 0.194. The quantitative estimate of drug-likeness (QED) is 0.682. The number of thiophene rings is 2. The molecule has 1 N–H and O–H groups in total. The van der Waals surface area contributed by atoms with Gasteiger partial charge in [0.05, 0.1) is 11.1 Å². The van der Waals surface area contributed by atoms with Crippen LogP contribution >= 0.6 is 22.7 Å². The molecule has 1 aromatic carbocycles. The number of piperidine rings is 1. The molecule has 0 bridgehead atoms. The molecule has 3 aromatic rings. The zero-order valence-corrected chi connectivity index (χ0v) is 16.0. The molecule has 0 aliphatic carbocycles. The van der Waals surface area contributed by atoms with Crippen LogP contribution in [0.1, 0.15) is 16.7 Å². The molecule has 0 saturated carbocycles. The molecule has 0 spiro atoms. The van der Waals surface area contributed by atoms with Gasteiger partial charge in [0.25, 0.3) is 0 Å². The van der Waals surface area contributed by atoms with Crippen molar-refractivity contribution in [3.05, 3.63) is 91.8 Å². The lowest BCUT2D eigenvalue weighted by Crippen LogP contribution is -3.12. The summed E-state index contributed by atoms with van der Waals surface area (Å²) in [4.78, 5) is 14.4. The van der Waals surface area contributed by atoms with Crippen molar-refractivity contribution in [2.45, 2.75) is 6.54 Å². The van der Waals surface area contributed by atoms with Crippen LogP contribution in [0.25, 0.3) is 12.2 Å². The monoisotopic (exact) mass is 378 g/mol. The van der Waals surface area contributed by atoms with Gasteiger partial charge in [0.1, 0.15) is 19.6 Å². The highest BCUT2D eigenvalue weighted by Gasteiger charge is 2.29. The van der Waals surface area contributed by atoms with E-state index in [1.54, 1.807) is 22.7 Å². The van der Waals surface area contributed by atoms with E-state index in [9.17, 15) is 4.79 Å². The summed E-state index contributed by atoms with van der Waals surface area (Å²) in [6.07, 6.45) is 4.12. The average molecular weight is 379 g/mol. The summed E-state index contributed by atoms with van der Waals surface area (Å²) in [5, 5.41) is 8.29. The first-order valence-corrected chi connectivity index (χ1v) is 10.5. The van der Waals surface area contributed by atoms with Crippen molar-refractivity contribution in [3.63, 3.8) is 0 Å². The molecule has 2 aromatic heterocycles. The Labute approximate surface area is 161 Å². The van der Waals surface area contributed by atoms with Crippen molar-refractivity contribution in [3.8, 4) is 0 Å². The van der Waals surface area contributed by atoms with E-state index in [1.807, 2.05) is 6.07 Å². The number of Topliss-reactive ketones (excluding diaryl/α,β-unsaturated/α-hetero) is 1. The van der Waals surface area contributed by atoms with Gasteiger partial charge >= 0.3 is 0 Å². The first-order chi connectivity index (χ1) is 12.8. The van der Waals surface area contributed by atoms with Crippen molar-refractivity contribution >= 4 is 40.6 Å². The lowest BCUT2D eigenvalue weighted by atomic mass is 9.94. The highest BCUT2D eigenvalue weighted by Crippen LogP contribution is 2.18. The van der Waals surface area contributed by atoms with Crippen LogP contribution < -0.4 is 4.90 Å². The normalized spacial score (nSPS) is 20.8. The molecule has 0 atom stereocenters. The lowest BCUT2D eigenvalue weighted by Gasteiger charge is -2.27. The molecule has 0 radical (unpaired) electrons. The average Bonchev–Trinajstić information content (AvgIpc) is 3.34. The summed E-state index contributed by atoms with van der Waals surface area (Å²) in [6, 6.07) is 14.7. The second-order valence-electron chi connectivity index (χ2n) is 6.55. The van der Waals surface area contributed by atoms with Crippen LogP contribution in [-0.4, -0.2) is 18.9 Å². The molecule has 0 amide bonds. The first-order valence-electron chi connectivity index (χ1n) is 8.66. The summed E-state index contributed by atoms with van der Waals surface area (Å²) in [5.41, 5.74) is 5.36. The van der Waals surface area contributed by atoms with E-state index < -0.39 is 0 Å². The topological polar surface area (TPSA) is 21.5 Å². The summed E-state index contributed by atoms with van der Waals surface area (Å²) in [7, 11) is 0. The summed E-state index contributed by atoms with van der Waals surface area (Å²) in [5.74, 6) is 0.194. The van der Waals surface area contributed by atoms with Crippen LogP contribution in [-0.2, 0) is 11.3 Å². The minimum Gasteiger partial charge on any atom is -0.323 e. The largest absolute Gasteiger partial charge is 0.323 e. The van der Waals surface area contributed by atoms with Crippen LogP contribution in [0.4, 0.5) is 0 Å². The van der Waals surface area contributed by atoms with E-state index in [4.69, 9.17) is 0 Å². The van der Waals surface area contributed by atoms with Gasteiger partial charge in [0, 0.05) is 5.56 Å². The van der Waals surface area contributed by atoms with Crippen LogP contribution in [0.3, 0.4) is 0 Å². The van der Waals surface area contributed by atoms with Crippen molar-refractivity contribution in [2.75, 3.05) is 13.1 Å². The Hall–Kier alpha value is -2.27. The van der Waals surface area contributed by atoms with Crippen molar-refractivity contribution < 1.29 is 9.69 Å². The van der Waals surface area contributed by atoms with E-state index in [2.05, 4.69) is 70.1 Å². The maximum absolute atomic E-state index is 13.0. The van der Waals surface area contributed by atoms with Gasteiger partial charge in [0.15, 0.2) is 5.78 Å². The Balaban J connectivity index is 1.64. The van der Waals surface area contributed by atoms with Gasteiger partial charge in [0.2, 0.25) is 0 Å². The smallest absolute Gasteiger partial charge is 0.196 e. The van der Waals surface area contributed by atoms with E-state index in [0.717, 1.165) is 41.9 Å². The SMILES string of the molecule is O=C1/C(=C/c2ccsc2)C[NH+](Cc2ccccc2)C/C1=C\c1ccsc1. The van der Waals surface area contributed by atoms with E-state index in [-0.39, 0.29) is 5.78 Å². The fraction of sp³-hybridized carbons (Fsp3) is 0.136. The second kappa shape index (κ2) is 7.96. The molecule has 130 valence electrons. The second-order valence-corrected chi connectivity index (χ2v) is 8.11. The molecular formula is C22H20NOS2+. The van der Waals surface area contributed by atoms with Gasteiger partial charge in [-0.05, 0) is 56.9 Å². The summed E-state index contributed by atoms with van der Waals surface area (Å²) < 4.78 is 0. The third kappa shape index (κ3) is 4.10. The number of hydrogen-bond donors (Lipinski definition) is 1. The van der Waals surface area contributed by atoms with Gasteiger partial charge in [-0.15, -0.1) is 0 Å². The number of hydrogen-bond acceptors (Lipinski definition) is 3. The van der Waals surface area contributed by atoms with Crippen LogP contribution in [0.2, 0.25) is 0 Å². The van der Waals surface area contributed by atoms with Crippen LogP contribution in [0, 0.1) is 0 Å². The Bertz CT molecular complexity index is 866. The Morgan fingerprint density at radius 1 is 0.846 bits per heavy atom. The molecule has 26 heavy (non-hydrogen) atoms. The third-order valence-electron chi connectivity index (χ3n) is 4.53. The number of rotatable bonds is 4. The van der Waals surface area contributed by atoms with Gasteiger partial charge in [-0.2, -0.15) is 22.7 Å². The molecular weight excluding hydrogens is 358 g/mol. The highest BCUT2D eigenvalue weighted by molar-refractivity contribution is 7.08. The first kappa shape index (κ1) is 17.2. The fourth-order valence-corrected chi connectivity index (χ4v) is 4.56. The zero-order chi connectivity index (χ0) is 17.8. The predicted molar refractivity (Wildman–Crippen MR) is 110 cm³/mol. The Morgan fingerprint density at radius 2 is 1.42 bits per heavy atom. The third-order valence-corrected chi connectivity index (χ3v) is 5.93. The predicted octanol–water partition coefficient (Wildman–Crippen LogP) is 3.94. The highest BCUT2D eigenvalue weighted by atomic mass is 32.1. The zero-order valence-electron chi connectivity index (χ0n) is 14.4. The molecule has 2 nitrogen and oxygen atoms in total. The standard InChI is InChI=1S/C22H19NOS2/c24-22-20(10-18-6-8-25-15-18)13-23(12-17-4-2-1-3-5-17)14-21(22)11-19-7-9-26-16-19/h1-11,15-16H,12-14H2/p+1/b20-10+,21-11+. The van der Waals surface area contributed by atoms with E-state index in [0.29, 0.717) is 0 Å². The summed E-state index contributed by atoms with van der Waals surface area (Å²) in [6.45, 7) is 2.46. The molecule has 0 unspecified atom stereocenters. The number of quaternary nitrogens is 1. The van der Waals surface area contributed by atoms with Crippen molar-refractivity contribution in [1.29, 1.82) is 0 Å². The van der Waals surface area contributed by atoms with Crippen molar-refractivity contribution in [1.82, 2.24) is 0 Å². The lowest BCUT2D eigenvalue weighted by molar-refractivity contribution is -0.904. The van der Waals surface area contributed by atoms with E-state index >= 15 is 0 Å². The van der Waals surface area contributed by atoms with Crippen LogP contribution in [0.5, 0.6) is 0 Å². The Kier molecular flexibility index (Phi) is 5.25. The van der Waals surface area contributed by atoms with Gasteiger partial charge < -0.3 is 4.90 Å². The molecule has 4 heteroatoms. The molecule has 3 heterocycles. The number of nitrogens with one attached hydrogen (secondary N) is 1. The molecule has 1 aliphatic rings. The minimum absolute atomic E-state index is 0.194. The number of ketones is 1. The molecule has 1 aliphatic heterocycles. The molecule has 4 rings (SSSR count). The van der Waals surface area contributed by atoms with E-state index in [1.165, 1.54) is 10.5 Å². The summed E-state index contributed by atoms with van der Waals surface area (Å²) >= 11 is 3.32. The maximum Gasteiger partial charge on any atom is 0.196 e. The molecule has 1 fully saturated rings. The Morgan fingerprint density at radius 3 is 1.92 bits per heavy atom. The molecule has 1 saturated heterocycles. The number of benzene rings is 1. The number of likely N-dealkylation sites (tertiary alicyclic amines) is 1. The number of carbonyl (C=O) groups excluding carboxylic acids is 1. The van der Waals surface area contributed by atoms with Gasteiger partial charge in [-0.3, -0.25) is 4.79 Å². The fourth-order valence-electron chi connectivity index (χ4n) is 3.33. The van der Waals surface area contributed by atoms with Gasteiger partial charge in [-0.1, -0.05) is 30.3 Å². The van der Waals surface area contributed by atoms with Crippen molar-refractivity contribution in [2.24, 2.45) is 0 Å². The maximum atomic E-state index is 13.0. The number of carbonyl (C=O) groups is 1.